The molecule has 2 aliphatic rings. The summed E-state index contributed by atoms with van der Waals surface area (Å²) >= 11 is 0. The first-order chi connectivity index (χ1) is 9.90. The van der Waals surface area contributed by atoms with Gasteiger partial charge < -0.3 is 15.9 Å². The number of β-amino-alcohol motifs (C(OH)–C–C–N with tert-alkyl or cyclic N) is 1. The van der Waals surface area contributed by atoms with Crippen molar-refractivity contribution < 1.29 is 15.0 Å². The van der Waals surface area contributed by atoms with E-state index in [1.165, 1.54) is 0 Å². The highest BCUT2D eigenvalue weighted by atomic mass is 16.3. The van der Waals surface area contributed by atoms with E-state index in [1.54, 1.807) is 0 Å². The Morgan fingerprint density at radius 1 is 1.33 bits per heavy atom. The van der Waals surface area contributed by atoms with Crippen molar-refractivity contribution >= 4 is 5.91 Å². The van der Waals surface area contributed by atoms with E-state index in [0.717, 1.165) is 38.9 Å². The summed E-state index contributed by atoms with van der Waals surface area (Å²) in [5.41, 5.74) is 5.51. The lowest BCUT2D eigenvalue weighted by Crippen LogP contribution is -2.58. The van der Waals surface area contributed by atoms with Crippen molar-refractivity contribution in [2.24, 2.45) is 11.7 Å². The minimum atomic E-state index is -0.690. The van der Waals surface area contributed by atoms with Crippen LogP contribution in [-0.4, -0.2) is 76.4 Å². The van der Waals surface area contributed by atoms with Crippen LogP contribution in [-0.2, 0) is 4.79 Å². The molecule has 0 bridgehead atoms. The molecule has 2 saturated heterocycles. The largest absolute Gasteiger partial charge is 0.390 e. The van der Waals surface area contributed by atoms with E-state index in [2.05, 4.69) is 16.7 Å². The Morgan fingerprint density at radius 2 is 2.05 bits per heavy atom. The summed E-state index contributed by atoms with van der Waals surface area (Å²) in [5.74, 6) is -0.172. The van der Waals surface area contributed by atoms with E-state index in [1.807, 2.05) is 6.92 Å². The fraction of sp³-hybridized carbons (Fsp3) is 0.933. The van der Waals surface area contributed by atoms with Gasteiger partial charge in [0.25, 0.3) is 0 Å². The first-order valence-electron chi connectivity index (χ1n) is 8.03. The molecule has 5 atom stereocenters. The highest BCUT2D eigenvalue weighted by Crippen LogP contribution is 2.22. The average Bonchev–Trinajstić information content (AvgIpc) is 2.44. The van der Waals surface area contributed by atoms with Crippen LogP contribution in [0, 0.1) is 5.92 Å². The summed E-state index contributed by atoms with van der Waals surface area (Å²) < 4.78 is 0. The normalized spacial score (nSPS) is 37.3. The molecule has 21 heavy (non-hydrogen) atoms. The van der Waals surface area contributed by atoms with Crippen molar-refractivity contribution in [3.8, 4) is 0 Å². The third-order valence-electron chi connectivity index (χ3n) is 4.99. The average molecular weight is 299 g/mol. The van der Waals surface area contributed by atoms with Crippen molar-refractivity contribution in [1.82, 2.24) is 9.80 Å². The second-order valence-corrected chi connectivity index (χ2v) is 6.75. The number of aliphatic hydroxyl groups is 2. The van der Waals surface area contributed by atoms with Crippen molar-refractivity contribution in [2.45, 2.75) is 57.4 Å². The summed E-state index contributed by atoms with van der Waals surface area (Å²) in [7, 11) is 0. The second-order valence-electron chi connectivity index (χ2n) is 6.75. The van der Waals surface area contributed by atoms with Crippen LogP contribution in [0.4, 0.5) is 0 Å². The number of likely N-dealkylation sites (tertiary alicyclic amines) is 2. The van der Waals surface area contributed by atoms with Crippen molar-refractivity contribution in [3.05, 3.63) is 0 Å². The number of nitrogens with zero attached hydrogens (tertiary/aromatic N) is 2. The molecule has 0 radical (unpaired) electrons. The van der Waals surface area contributed by atoms with Gasteiger partial charge in [-0.1, -0.05) is 13.3 Å². The van der Waals surface area contributed by atoms with Crippen LogP contribution in [0.25, 0.3) is 0 Å². The first kappa shape index (κ1) is 16.7. The van der Waals surface area contributed by atoms with Crippen molar-refractivity contribution in [1.29, 1.82) is 0 Å². The molecule has 2 aliphatic heterocycles. The predicted molar refractivity (Wildman–Crippen MR) is 80.6 cm³/mol. The third kappa shape index (κ3) is 3.94. The number of hydrogen-bond acceptors (Lipinski definition) is 5. The topological polar surface area (TPSA) is 90.0 Å². The smallest absolute Gasteiger partial charge is 0.234 e. The predicted octanol–water partition coefficient (Wildman–Crippen LogP) is -0.612. The molecule has 0 saturated carbocycles. The van der Waals surface area contributed by atoms with Gasteiger partial charge >= 0.3 is 0 Å². The van der Waals surface area contributed by atoms with E-state index >= 15 is 0 Å². The Balaban J connectivity index is 1.93. The number of primary amides is 1. The van der Waals surface area contributed by atoms with E-state index in [9.17, 15) is 15.0 Å². The second kappa shape index (κ2) is 7.05. The number of nitrogens with two attached hydrogens (primary N) is 1. The molecule has 4 N–H and O–H groups in total. The number of piperidine rings is 2. The van der Waals surface area contributed by atoms with Gasteiger partial charge in [-0.05, 0) is 32.2 Å². The number of carbonyl (C=O) groups excluding carboxylic acids is 1. The molecule has 2 heterocycles. The lowest BCUT2D eigenvalue weighted by atomic mass is 9.93. The highest BCUT2D eigenvalue weighted by molar-refractivity contribution is 5.79. The lowest BCUT2D eigenvalue weighted by molar-refractivity contribution is -0.125. The molecule has 2 fully saturated rings. The summed E-state index contributed by atoms with van der Waals surface area (Å²) in [6.45, 7) is 7.02. The highest BCUT2D eigenvalue weighted by Gasteiger charge is 2.35. The Morgan fingerprint density at radius 3 is 2.67 bits per heavy atom. The number of aliphatic hydroxyl groups excluding tert-OH is 2. The van der Waals surface area contributed by atoms with Gasteiger partial charge in [-0.15, -0.1) is 0 Å². The molecule has 0 aromatic carbocycles. The molecule has 6 nitrogen and oxygen atoms in total. The molecular weight excluding hydrogens is 270 g/mol. The summed E-state index contributed by atoms with van der Waals surface area (Å²) in [4.78, 5) is 15.9. The molecule has 0 aromatic rings. The number of rotatable bonds is 4. The van der Waals surface area contributed by atoms with E-state index in [-0.39, 0.29) is 23.9 Å². The monoisotopic (exact) mass is 299 g/mol. The number of amides is 1. The molecule has 1 amide bonds. The Labute approximate surface area is 126 Å². The number of hydrogen-bond donors (Lipinski definition) is 3. The quantitative estimate of drug-likeness (QED) is 0.644. The molecule has 0 spiro atoms. The Bertz CT molecular complexity index is 354. The minimum absolute atomic E-state index is 0.0597. The maximum absolute atomic E-state index is 11.6. The summed E-state index contributed by atoms with van der Waals surface area (Å²) in [6, 6.07) is 0.0773. The zero-order valence-electron chi connectivity index (χ0n) is 13.1. The molecule has 0 aromatic heterocycles. The maximum Gasteiger partial charge on any atom is 0.234 e. The minimum Gasteiger partial charge on any atom is -0.390 e. The summed E-state index contributed by atoms with van der Waals surface area (Å²) in [6.07, 6.45) is 1.68. The van der Waals surface area contributed by atoms with Gasteiger partial charge in [0.15, 0.2) is 0 Å². The van der Waals surface area contributed by atoms with Crippen molar-refractivity contribution in [3.63, 3.8) is 0 Å². The zero-order valence-corrected chi connectivity index (χ0v) is 13.1. The van der Waals surface area contributed by atoms with E-state index < -0.39 is 12.2 Å². The third-order valence-corrected chi connectivity index (χ3v) is 4.99. The molecule has 0 aliphatic carbocycles. The molecule has 5 unspecified atom stereocenters. The van der Waals surface area contributed by atoms with Crippen LogP contribution in [0.1, 0.15) is 33.1 Å². The van der Waals surface area contributed by atoms with Crippen molar-refractivity contribution in [2.75, 3.05) is 26.2 Å². The lowest BCUT2D eigenvalue weighted by Gasteiger charge is -2.43. The van der Waals surface area contributed by atoms with Crippen LogP contribution in [0.15, 0.2) is 0 Å². The maximum atomic E-state index is 11.6. The fourth-order valence-electron chi connectivity index (χ4n) is 3.63. The van der Waals surface area contributed by atoms with Crippen LogP contribution in [0.5, 0.6) is 0 Å². The zero-order chi connectivity index (χ0) is 15.6. The van der Waals surface area contributed by atoms with Crippen LogP contribution in [0.2, 0.25) is 0 Å². The Kier molecular flexibility index (Phi) is 5.60. The van der Waals surface area contributed by atoms with Crippen LogP contribution < -0.4 is 5.73 Å². The molecule has 2 rings (SSSR count). The van der Waals surface area contributed by atoms with Crippen LogP contribution >= 0.6 is 0 Å². The van der Waals surface area contributed by atoms with E-state index in [4.69, 9.17) is 5.73 Å². The van der Waals surface area contributed by atoms with Gasteiger partial charge in [0.05, 0.1) is 18.2 Å². The SMILES string of the molecule is CC1CN(C(C)CN2CCCCC2C(N)=O)CC(O)C1O. The molecule has 122 valence electrons. The van der Waals surface area contributed by atoms with Gasteiger partial charge in [0.1, 0.15) is 0 Å². The Hall–Kier alpha value is -0.690. The van der Waals surface area contributed by atoms with Gasteiger partial charge in [-0.2, -0.15) is 0 Å². The van der Waals surface area contributed by atoms with Gasteiger partial charge in [0, 0.05) is 25.7 Å². The molecular formula is C15H29N3O3. The standard InChI is InChI=1S/C15H29N3O3/c1-10-7-18(9-13(19)14(10)20)11(2)8-17-6-4-3-5-12(17)15(16)21/h10-14,19-20H,3-9H2,1-2H3,(H2,16,21). The molecule has 6 heteroatoms. The fourth-order valence-corrected chi connectivity index (χ4v) is 3.63. The van der Waals surface area contributed by atoms with Gasteiger partial charge in [-0.25, -0.2) is 0 Å². The van der Waals surface area contributed by atoms with Crippen LogP contribution in [0.3, 0.4) is 0 Å². The van der Waals surface area contributed by atoms with E-state index in [0.29, 0.717) is 6.54 Å². The first-order valence-corrected chi connectivity index (χ1v) is 8.03. The number of carbonyl (C=O) groups is 1. The van der Waals surface area contributed by atoms with Gasteiger partial charge in [0.2, 0.25) is 5.91 Å². The van der Waals surface area contributed by atoms with Gasteiger partial charge in [-0.3, -0.25) is 14.6 Å². The summed E-state index contributed by atoms with van der Waals surface area (Å²) in [5, 5.41) is 19.8.